The van der Waals surface area contributed by atoms with Crippen LogP contribution in [-0.2, 0) is 0 Å². The molecule has 5 heteroatoms. The SMILES string of the molecule is O=c1c(NCC2CCCCC2Cl)nccn1C1CC1. The number of aromatic nitrogens is 2. The van der Waals surface area contributed by atoms with Crippen molar-refractivity contribution in [2.45, 2.75) is 49.9 Å². The molecule has 19 heavy (non-hydrogen) atoms. The Hall–Kier alpha value is -1.03. The van der Waals surface area contributed by atoms with Crippen LogP contribution in [0.2, 0.25) is 0 Å². The van der Waals surface area contributed by atoms with Crippen LogP contribution in [0.25, 0.3) is 0 Å². The standard InChI is InChI=1S/C14H20ClN3O/c15-12-4-2-1-3-10(12)9-17-13-14(19)18(8-7-16-13)11-5-6-11/h7-8,10-12H,1-6,9H2,(H,16,17). The van der Waals surface area contributed by atoms with E-state index >= 15 is 0 Å². The zero-order valence-electron chi connectivity index (χ0n) is 11.0. The Morgan fingerprint density at radius 3 is 2.84 bits per heavy atom. The zero-order chi connectivity index (χ0) is 13.2. The summed E-state index contributed by atoms with van der Waals surface area (Å²) in [6.45, 7) is 0.755. The monoisotopic (exact) mass is 281 g/mol. The van der Waals surface area contributed by atoms with Crippen molar-refractivity contribution in [3.8, 4) is 0 Å². The highest BCUT2D eigenvalue weighted by molar-refractivity contribution is 6.20. The molecule has 0 spiro atoms. The van der Waals surface area contributed by atoms with E-state index in [1.807, 2.05) is 0 Å². The predicted molar refractivity (Wildman–Crippen MR) is 76.9 cm³/mol. The molecule has 0 aromatic carbocycles. The summed E-state index contributed by atoms with van der Waals surface area (Å²) < 4.78 is 1.80. The minimum atomic E-state index is 0.00642. The number of halogens is 1. The highest BCUT2D eigenvalue weighted by Crippen LogP contribution is 2.33. The van der Waals surface area contributed by atoms with Gasteiger partial charge in [-0.15, -0.1) is 11.6 Å². The predicted octanol–water partition coefficient (Wildman–Crippen LogP) is 2.79. The number of alkyl halides is 1. The van der Waals surface area contributed by atoms with Crippen LogP contribution in [0.4, 0.5) is 5.82 Å². The van der Waals surface area contributed by atoms with E-state index in [4.69, 9.17) is 11.6 Å². The Balaban J connectivity index is 1.66. The summed E-state index contributed by atoms with van der Waals surface area (Å²) >= 11 is 6.34. The Kier molecular flexibility index (Phi) is 3.78. The molecule has 2 aliphatic carbocycles. The topological polar surface area (TPSA) is 46.9 Å². The summed E-state index contributed by atoms with van der Waals surface area (Å²) in [5.41, 5.74) is 0.00642. The second-order valence-corrected chi connectivity index (χ2v) is 6.22. The van der Waals surface area contributed by atoms with E-state index in [2.05, 4.69) is 10.3 Å². The first kappa shape index (κ1) is 13.0. The summed E-state index contributed by atoms with van der Waals surface area (Å²) in [5.74, 6) is 0.926. The van der Waals surface area contributed by atoms with Gasteiger partial charge in [-0.05, 0) is 31.6 Å². The quantitative estimate of drug-likeness (QED) is 0.864. The smallest absolute Gasteiger partial charge is 0.293 e. The van der Waals surface area contributed by atoms with Gasteiger partial charge in [-0.25, -0.2) is 4.98 Å². The maximum Gasteiger partial charge on any atom is 0.293 e. The molecule has 2 saturated carbocycles. The average molecular weight is 282 g/mol. The molecule has 0 radical (unpaired) electrons. The van der Waals surface area contributed by atoms with Crippen molar-refractivity contribution in [1.29, 1.82) is 0 Å². The van der Waals surface area contributed by atoms with Crippen LogP contribution in [0.1, 0.15) is 44.6 Å². The Morgan fingerprint density at radius 1 is 1.32 bits per heavy atom. The number of anilines is 1. The van der Waals surface area contributed by atoms with Crippen LogP contribution in [0.5, 0.6) is 0 Å². The van der Waals surface area contributed by atoms with Gasteiger partial charge in [0.2, 0.25) is 0 Å². The lowest BCUT2D eigenvalue weighted by atomic mass is 9.89. The molecule has 0 amide bonds. The van der Waals surface area contributed by atoms with Gasteiger partial charge in [0.1, 0.15) is 0 Å². The number of nitrogens with zero attached hydrogens (tertiary/aromatic N) is 2. The summed E-state index contributed by atoms with van der Waals surface area (Å²) in [4.78, 5) is 16.4. The van der Waals surface area contributed by atoms with Gasteiger partial charge >= 0.3 is 0 Å². The van der Waals surface area contributed by atoms with Crippen LogP contribution in [-0.4, -0.2) is 21.5 Å². The van der Waals surface area contributed by atoms with E-state index in [-0.39, 0.29) is 10.9 Å². The maximum atomic E-state index is 12.2. The van der Waals surface area contributed by atoms with Gasteiger partial charge in [0.05, 0.1) is 0 Å². The molecule has 1 aromatic rings. The molecule has 104 valence electrons. The van der Waals surface area contributed by atoms with Crippen molar-refractivity contribution >= 4 is 17.4 Å². The maximum absolute atomic E-state index is 12.2. The Morgan fingerprint density at radius 2 is 2.11 bits per heavy atom. The lowest BCUT2D eigenvalue weighted by molar-refractivity contribution is 0.380. The number of nitrogens with one attached hydrogen (secondary N) is 1. The number of rotatable bonds is 4. The normalized spacial score (nSPS) is 27.2. The van der Waals surface area contributed by atoms with Crippen LogP contribution < -0.4 is 10.9 Å². The summed E-state index contributed by atoms with van der Waals surface area (Å²) in [6.07, 6.45) is 10.4. The van der Waals surface area contributed by atoms with E-state index < -0.39 is 0 Å². The molecule has 2 atom stereocenters. The molecule has 3 rings (SSSR count). The lowest BCUT2D eigenvalue weighted by Crippen LogP contribution is -2.30. The van der Waals surface area contributed by atoms with E-state index in [9.17, 15) is 4.79 Å². The van der Waals surface area contributed by atoms with Crippen LogP contribution >= 0.6 is 11.6 Å². The fourth-order valence-corrected chi connectivity index (χ4v) is 3.18. The molecule has 1 N–H and O–H groups in total. The van der Waals surface area contributed by atoms with Gasteiger partial charge in [-0.2, -0.15) is 0 Å². The minimum absolute atomic E-state index is 0.00642. The van der Waals surface area contributed by atoms with Crippen LogP contribution in [0.3, 0.4) is 0 Å². The highest BCUT2D eigenvalue weighted by Gasteiger charge is 2.26. The molecule has 4 nitrogen and oxygen atoms in total. The second kappa shape index (κ2) is 5.53. The Labute approximate surface area is 118 Å². The molecule has 2 unspecified atom stereocenters. The van der Waals surface area contributed by atoms with Gasteiger partial charge in [-0.1, -0.05) is 12.8 Å². The van der Waals surface area contributed by atoms with Crippen molar-refractivity contribution in [2.75, 3.05) is 11.9 Å². The fourth-order valence-electron chi connectivity index (χ4n) is 2.81. The van der Waals surface area contributed by atoms with E-state index in [0.29, 0.717) is 17.8 Å². The third kappa shape index (κ3) is 2.94. The molecular formula is C14H20ClN3O. The first-order valence-electron chi connectivity index (χ1n) is 7.21. The number of hydrogen-bond donors (Lipinski definition) is 1. The van der Waals surface area contributed by atoms with Crippen molar-refractivity contribution in [3.05, 3.63) is 22.7 Å². The third-order valence-corrected chi connectivity index (χ3v) is 4.73. The van der Waals surface area contributed by atoms with Gasteiger partial charge < -0.3 is 9.88 Å². The van der Waals surface area contributed by atoms with Gasteiger partial charge in [-0.3, -0.25) is 4.79 Å². The van der Waals surface area contributed by atoms with Crippen molar-refractivity contribution in [2.24, 2.45) is 5.92 Å². The summed E-state index contributed by atoms with van der Waals surface area (Å²) in [5, 5.41) is 3.44. The zero-order valence-corrected chi connectivity index (χ0v) is 11.8. The van der Waals surface area contributed by atoms with E-state index in [0.717, 1.165) is 32.2 Å². The second-order valence-electron chi connectivity index (χ2n) is 5.66. The van der Waals surface area contributed by atoms with E-state index in [1.165, 1.54) is 12.8 Å². The highest BCUT2D eigenvalue weighted by atomic mass is 35.5. The molecule has 0 saturated heterocycles. The van der Waals surface area contributed by atoms with Crippen molar-refractivity contribution < 1.29 is 0 Å². The van der Waals surface area contributed by atoms with Crippen LogP contribution in [0, 0.1) is 5.92 Å². The first-order chi connectivity index (χ1) is 9.25. The molecule has 2 aliphatic rings. The molecule has 1 heterocycles. The summed E-state index contributed by atoms with van der Waals surface area (Å²) in [6, 6.07) is 0.395. The van der Waals surface area contributed by atoms with Crippen LogP contribution in [0.15, 0.2) is 17.2 Å². The van der Waals surface area contributed by atoms with Gasteiger partial charge in [0.15, 0.2) is 5.82 Å². The molecule has 2 fully saturated rings. The molecule has 1 aromatic heterocycles. The minimum Gasteiger partial charge on any atom is -0.365 e. The molecular weight excluding hydrogens is 262 g/mol. The average Bonchev–Trinajstić information content (AvgIpc) is 3.24. The largest absolute Gasteiger partial charge is 0.365 e. The third-order valence-electron chi connectivity index (χ3n) is 4.16. The van der Waals surface area contributed by atoms with E-state index in [1.54, 1.807) is 17.0 Å². The van der Waals surface area contributed by atoms with Gasteiger partial charge in [0, 0.05) is 30.4 Å². The van der Waals surface area contributed by atoms with Gasteiger partial charge in [0.25, 0.3) is 5.56 Å². The number of hydrogen-bond acceptors (Lipinski definition) is 3. The first-order valence-corrected chi connectivity index (χ1v) is 7.64. The molecule has 0 bridgehead atoms. The summed E-state index contributed by atoms with van der Waals surface area (Å²) in [7, 11) is 0. The van der Waals surface area contributed by atoms with Crippen molar-refractivity contribution in [3.63, 3.8) is 0 Å². The molecule has 0 aliphatic heterocycles. The lowest BCUT2D eigenvalue weighted by Gasteiger charge is -2.27. The Bertz CT molecular complexity index is 498. The van der Waals surface area contributed by atoms with Crippen molar-refractivity contribution in [1.82, 2.24) is 9.55 Å². The fraction of sp³-hybridized carbons (Fsp3) is 0.714.